The topological polar surface area (TPSA) is 55.6 Å². The maximum atomic E-state index is 12.4. The number of benzene rings is 2. The summed E-state index contributed by atoms with van der Waals surface area (Å²) in [6.45, 7) is 2.40. The highest BCUT2D eigenvalue weighted by molar-refractivity contribution is 6.00. The molecule has 1 aliphatic rings. The molecule has 0 radical (unpaired) electrons. The number of anilines is 2. The average Bonchev–Trinajstić information content (AvgIpc) is 2.49. The molecule has 1 amide bonds. The van der Waals surface area contributed by atoms with Crippen LogP contribution in [0.4, 0.5) is 11.4 Å². The summed E-state index contributed by atoms with van der Waals surface area (Å²) in [5.41, 5.74) is 8.43. The maximum absolute atomic E-state index is 12.4. The van der Waals surface area contributed by atoms with E-state index in [1.807, 2.05) is 24.3 Å². The summed E-state index contributed by atoms with van der Waals surface area (Å²) in [5, 5.41) is 0. The lowest BCUT2D eigenvalue weighted by Crippen LogP contribution is -2.45. The van der Waals surface area contributed by atoms with Gasteiger partial charge in [-0.2, -0.15) is 0 Å². The van der Waals surface area contributed by atoms with Crippen molar-refractivity contribution in [2.45, 2.75) is 19.4 Å². The molecule has 1 heterocycles. The fraction of sp³-hybridized carbons (Fsp3) is 0.235. The Bertz CT molecular complexity index is 655. The smallest absolute Gasteiger partial charge is 0.267 e. The number of amides is 1. The molecule has 0 fully saturated rings. The Kier molecular flexibility index (Phi) is 3.52. The van der Waals surface area contributed by atoms with Gasteiger partial charge in [0.1, 0.15) is 5.75 Å². The van der Waals surface area contributed by atoms with Gasteiger partial charge in [-0.1, -0.05) is 30.3 Å². The molecule has 0 bridgehead atoms. The van der Waals surface area contributed by atoms with Gasteiger partial charge in [0.25, 0.3) is 5.91 Å². The Morgan fingerprint density at radius 2 is 1.95 bits per heavy atom. The van der Waals surface area contributed by atoms with E-state index in [2.05, 4.69) is 12.1 Å². The van der Waals surface area contributed by atoms with E-state index in [4.69, 9.17) is 10.5 Å². The Balaban J connectivity index is 1.85. The second-order valence-electron chi connectivity index (χ2n) is 5.21. The molecule has 0 spiro atoms. The molecule has 0 saturated carbocycles. The largest absolute Gasteiger partial charge is 0.479 e. The van der Waals surface area contributed by atoms with Crippen molar-refractivity contribution in [3.63, 3.8) is 0 Å². The lowest BCUT2D eigenvalue weighted by atomic mass is 10.1. The summed E-state index contributed by atoms with van der Waals surface area (Å²) in [6, 6.07) is 15.6. The number of hydrogen-bond donors (Lipinski definition) is 1. The molecule has 1 unspecified atom stereocenters. The zero-order valence-electron chi connectivity index (χ0n) is 12.0. The van der Waals surface area contributed by atoms with Gasteiger partial charge in [0, 0.05) is 18.3 Å². The van der Waals surface area contributed by atoms with Crippen LogP contribution in [0.2, 0.25) is 0 Å². The molecule has 2 aromatic carbocycles. The molecule has 21 heavy (non-hydrogen) atoms. The molecule has 0 aromatic heterocycles. The minimum absolute atomic E-state index is 0.0109. The third-order valence-electron chi connectivity index (χ3n) is 3.66. The van der Waals surface area contributed by atoms with Crippen molar-refractivity contribution in [2.75, 3.05) is 17.2 Å². The number of nitrogen functional groups attached to an aromatic ring is 1. The van der Waals surface area contributed by atoms with Crippen molar-refractivity contribution in [3.8, 4) is 5.75 Å². The highest BCUT2D eigenvalue weighted by atomic mass is 16.5. The van der Waals surface area contributed by atoms with E-state index in [1.165, 1.54) is 5.56 Å². The van der Waals surface area contributed by atoms with Crippen LogP contribution in [0, 0.1) is 0 Å². The van der Waals surface area contributed by atoms with E-state index in [0.717, 1.165) is 12.1 Å². The fourth-order valence-electron chi connectivity index (χ4n) is 2.54. The molecule has 1 aliphatic heterocycles. The number of hydrogen-bond acceptors (Lipinski definition) is 3. The van der Waals surface area contributed by atoms with Gasteiger partial charge in [0.05, 0.1) is 5.69 Å². The maximum Gasteiger partial charge on any atom is 0.267 e. The van der Waals surface area contributed by atoms with Crippen molar-refractivity contribution in [3.05, 3.63) is 54.1 Å². The SMILES string of the molecule is CC1Oc2cc(N)ccc2N(CCc2ccccc2)C1=O. The number of carbonyl (C=O) groups is 1. The first-order chi connectivity index (χ1) is 10.1. The van der Waals surface area contributed by atoms with E-state index in [-0.39, 0.29) is 5.91 Å². The van der Waals surface area contributed by atoms with E-state index < -0.39 is 6.10 Å². The highest BCUT2D eigenvalue weighted by Gasteiger charge is 2.31. The summed E-state index contributed by atoms with van der Waals surface area (Å²) in [4.78, 5) is 14.2. The first-order valence-electron chi connectivity index (χ1n) is 7.06. The van der Waals surface area contributed by atoms with Crippen molar-refractivity contribution in [2.24, 2.45) is 0 Å². The van der Waals surface area contributed by atoms with Crippen LogP contribution in [-0.4, -0.2) is 18.6 Å². The Morgan fingerprint density at radius 1 is 1.19 bits per heavy atom. The van der Waals surface area contributed by atoms with Gasteiger partial charge < -0.3 is 15.4 Å². The van der Waals surface area contributed by atoms with Gasteiger partial charge >= 0.3 is 0 Å². The van der Waals surface area contributed by atoms with E-state index in [0.29, 0.717) is 18.0 Å². The fourth-order valence-corrected chi connectivity index (χ4v) is 2.54. The summed E-state index contributed by atoms with van der Waals surface area (Å²) in [7, 11) is 0. The van der Waals surface area contributed by atoms with Gasteiger partial charge in [0.15, 0.2) is 6.10 Å². The second-order valence-corrected chi connectivity index (χ2v) is 5.21. The zero-order chi connectivity index (χ0) is 14.8. The number of nitrogens with two attached hydrogens (primary N) is 1. The highest BCUT2D eigenvalue weighted by Crippen LogP contribution is 2.35. The van der Waals surface area contributed by atoms with Crippen LogP contribution >= 0.6 is 0 Å². The molecule has 0 aliphatic carbocycles. The number of nitrogens with zero attached hydrogens (tertiary/aromatic N) is 1. The standard InChI is InChI=1S/C17H18N2O2/c1-12-17(20)19(10-9-13-5-3-2-4-6-13)15-8-7-14(18)11-16(15)21-12/h2-8,11-12H,9-10,18H2,1H3. The molecule has 4 nitrogen and oxygen atoms in total. The third kappa shape index (κ3) is 2.70. The Morgan fingerprint density at radius 3 is 2.71 bits per heavy atom. The normalized spacial score (nSPS) is 17.3. The predicted octanol–water partition coefficient (Wildman–Crippen LogP) is 2.63. The first-order valence-corrected chi connectivity index (χ1v) is 7.06. The first kappa shape index (κ1) is 13.5. The van der Waals surface area contributed by atoms with E-state index >= 15 is 0 Å². The third-order valence-corrected chi connectivity index (χ3v) is 3.66. The van der Waals surface area contributed by atoms with Gasteiger partial charge in [-0.3, -0.25) is 4.79 Å². The van der Waals surface area contributed by atoms with Gasteiger partial charge in [-0.25, -0.2) is 0 Å². The van der Waals surface area contributed by atoms with Gasteiger partial charge in [-0.05, 0) is 31.0 Å². The number of carbonyl (C=O) groups excluding carboxylic acids is 1. The van der Waals surface area contributed by atoms with E-state index in [9.17, 15) is 4.79 Å². The van der Waals surface area contributed by atoms with Gasteiger partial charge in [0.2, 0.25) is 0 Å². The average molecular weight is 282 g/mol. The second kappa shape index (κ2) is 5.48. The minimum atomic E-state index is -0.477. The van der Waals surface area contributed by atoms with Crippen LogP contribution in [0.15, 0.2) is 48.5 Å². The number of fused-ring (bicyclic) bond motifs is 1. The van der Waals surface area contributed by atoms with Crippen LogP contribution in [-0.2, 0) is 11.2 Å². The molecule has 3 rings (SSSR count). The van der Waals surface area contributed by atoms with Crippen LogP contribution in [0.1, 0.15) is 12.5 Å². The summed E-state index contributed by atoms with van der Waals surface area (Å²) >= 11 is 0. The van der Waals surface area contributed by atoms with Crippen LogP contribution < -0.4 is 15.4 Å². The van der Waals surface area contributed by atoms with Gasteiger partial charge in [-0.15, -0.1) is 0 Å². The van der Waals surface area contributed by atoms with Crippen molar-refractivity contribution in [1.29, 1.82) is 0 Å². The van der Waals surface area contributed by atoms with Crippen LogP contribution in [0.5, 0.6) is 5.75 Å². The lowest BCUT2D eigenvalue weighted by Gasteiger charge is -2.33. The molecule has 4 heteroatoms. The van der Waals surface area contributed by atoms with Crippen LogP contribution in [0.3, 0.4) is 0 Å². The summed E-state index contributed by atoms with van der Waals surface area (Å²) < 4.78 is 5.64. The molecule has 2 aromatic rings. The summed E-state index contributed by atoms with van der Waals surface area (Å²) in [5.74, 6) is 0.665. The molecule has 1 atom stereocenters. The van der Waals surface area contributed by atoms with Crippen molar-refractivity contribution >= 4 is 17.3 Å². The quantitative estimate of drug-likeness (QED) is 0.880. The predicted molar refractivity (Wildman–Crippen MR) is 83.4 cm³/mol. The monoisotopic (exact) mass is 282 g/mol. The molecule has 0 saturated heterocycles. The Labute approximate surface area is 124 Å². The molecule has 2 N–H and O–H groups in total. The summed E-state index contributed by atoms with van der Waals surface area (Å²) in [6.07, 6.45) is 0.332. The Hall–Kier alpha value is -2.49. The van der Waals surface area contributed by atoms with Crippen molar-refractivity contribution in [1.82, 2.24) is 0 Å². The zero-order valence-corrected chi connectivity index (χ0v) is 12.0. The van der Waals surface area contributed by atoms with E-state index in [1.54, 1.807) is 24.0 Å². The number of rotatable bonds is 3. The van der Waals surface area contributed by atoms with Crippen LogP contribution in [0.25, 0.3) is 0 Å². The van der Waals surface area contributed by atoms with Crippen molar-refractivity contribution < 1.29 is 9.53 Å². The lowest BCUT2D eigenvalue weighted by molar-refractivity contribution is -0.125. The molecular weight excluding hydrogens is 264 g/mol. The number of ether oxygens (including phenoxy) is 1. The molecule has 108 valence electrons. The minimum Gasteiger partial charge on any atom is -0.479 e. The molecular formula is C17H18N2O2.